The average molecular weight is 571 g/mol. The number of carbonyl (C=O) groups is 1. The van der Waals surface area contributed by atoms with Crippen molar-refractivity contribution in [2.75, 3.05) is 12.0 Å². The Morgan fingerprint density at radius 3 is 2.34 bits per heavy atom. The third-order valence-corrected chi connectivity index (χ3v) is 9.18. The Morgan fingerprint density at radius 1 is 1.00 bits per heavy atom. The molecule has 2 fully saturated rings. The Kier molecular flexibility index (Phi) is 5.81. The third-order valence-electron chi connectivity index (χ3n) is 8.02. The molecule has 0 unspecified atom stereocenters. The van der Waals surface area contributed by atoms with E-state index in [1.807, 2.05) is 35.2 Å². The number of nitrogens with zero attached hydrogens (tertiary/aromatic N) is 8. The molecular weight excluding hydrogens is 544 g/mol. The molecule has 0 saturated carbocycles. The molecule has 5 aromatic rings. The Labute approximate surface area is 234 Å². The zero-order valence-electron chi connectivity index (χ0n) is 22.0. The molecule has 1 amide bonds. The summed E-state index contributed by atoms with van der Waals surface area (Å²) in [6.07, 6.45) is 10.3. The van der Waals surface area contributed by atoms with Crippen LogP contribution < -0.4 is 5.73 Å². The second-order valence-corrected chi connectivity index (χ2v) is 12.5. The van der Waals surface area contributed by atoms with Crippen LogP contribution in [0, 0.1) is 0 Å². The molecule has 208 valence electrons. The van der Waals surface area contributed by atoms with E-state index in [9.17, 15) is 13.2 Å². The first-order chi connectivity index (χ1) is 19.8. The molecule has 2 saturated heterocycles. The van der Waals surface area contributed by atoms with Crippen molar-refractivity contribution in [2.24, 2.45) is 0 Å². The van der Waals surface area contributed by atoms with Crippen molar-refractivity contribution in [3.8, 4) is 22.5 Å². The quantitative estimate of drug-likeness (QED) is 0.319. The van der Waals surface area contributed by atoms with Gasteiger partial charge in [-0.3, -0.25) is 4.79 Å². The third kappa shape index (κ3) is 4.22. The largest absolute Gasteiger partial charge is 0.382 e. The van der Waals surface area contributed by atoms with E-state index >= 15 is 0 Å². The van der Waals surface area contributed by atoms with Gasteiger partial charge in [0.05, 0.1) is 18.1 Å². The number of rotatable bonds is 5. The van der Waals surface area contributed by atoms with Crippen LogP contribution in [0.1, 0.15) is 47.8 Å². The monoisotopic (exact) mass is 570 g/mol. The highest BCUT2D eigenvalue weighted by atomic mass is 32.2. The SMILES string of the molecule is CS(=O)(=O)c1c([C@@H]2C[C@H]3CC[C@@H](C2)N3C(=O)c2cn[nH]n2)nc2c(-c3cnc(-c4ccccc4)nc3)cnn2c1N. The number of hydrogen-bond donors (Lipinski definition) is 2. The van der Waals surface area contributed by atoms with Crippen molar-refractivity contribution >= 4 is 27.2 Å². The van der Waals surface area contributed by atoms with Crippen molar-refractivity contribution in [3.05, 3.63) is 66.5 Å². The standard InChI is InChI=1S/C27H26N10O3S/c1-41(39,40)23-22(16-9-18-7-8-19(10-16)36(18)27(38)21-14-31-35-34-21)33-26-20(13-32-37(26)24(23)28)17-11-29-25(30-12-17)15-5-3-2-4-6-15/h2-6,11-14,16,18-19H,7-10,28H2,1H3,(H,31,34,35)/t16-,18-,19+. The van der Waals surface area contributed by atoms with Crippen LogP contribution in [-0.4, -0.2) is 77.5 Å². The predicted octanol–water partition coefficient (Wildman–Crippen LogP) is 2.51. The first-order valence-corrected chi connectivity index (χ1v) is 15.1. The van der Waals surface area contributed by atoms with Gasteiger partial charge in [0.2, 0.25) is 0 Å². The van der Waals surface area contributed by atoms with E-state index in [-0.39, 0.29) is 40.3 Å². The van der Waals surface area contributed by atoms with Crippen molar-refractivity contribution in [2.45, 2.75) is 48.6 Å². The van der Waals surface area contributed by atoms with Gasteiger partial charge in [-0.25, -0.2) is 23.4 Å². The number of nitrogens with one attached hydrogen (secondary N) is 1. The summed E-state index contributed by atoms with van der Waals surface area (Å²) in [5.41, 5.74) is 9.81. The maximum Gasteiger partial charge on any atom is 0.276 e. The topological polar surface area (TPSA) is 178 Å². The lowest BCUT2D eigenvalue weighted by atomic mass is 9.87. The Hall–Kier alpha value is -4.72. The normalized spacial score (nSPS) is 20.5. The van der Waals surface area contributed by atoms with Gasteiger partial charge in [0.25, 0.3) is 5.91 Å². The molecule has 7 rings (SSSR count). The minimum absolute atomic E-state index is 0.00836. The molecule has 0 radical (unpaired) electrons. The number of nitrogen functional groups attached to an aromatic ring is 1. The number of fused-ring (bicyclic) bond motifs is 3. The van der Waals surface area contributed by atoms with Gasteiger partial charge in [-0.05, 0) is 25.7 Å². The van der Waals surface area contributed by atoms with Gasteiger partial charge in [-0.1, -0.05) is 30.3 Å². The van der Waals surface area contributed by atoms with Gasteiger partial charge in [0.1, 0.15) is 10.7 Å². The van der Waals surface area contributed by atoms with E-state index in [0.29, 0.717) is 41.1 Å². The van der Waals surface area contributed by atoms with Gasteiger partial charge in [0.15, 0.2) is 27.0 Å². The maximum absolute atomic E-state index is 13.1. The molecule has 2 bridgehead atoms. The summed E-state index contributed by atoms with van der Waals surface area (Å²) in [4.78, 5) is 29.0. The van der Waals surface area contributed by atoms with Gasteiger partial charge >= 0.3 is 0 Å². The number of H-pyrrole nitrogens is 1. The lowest BCUT2D eigenvalue weighted by Gasteiger charge is -2.38. The minimum atomic E-state index is -3.75. The zero-order valence-corrected chi connectivity index (χ0v) is 22.9. The van der Waals surface area contributed by atoms with Crippen LogP contribution in [0.3, 0.4) is 0 Å². The zero-order chi connectivity index (χ0) is 28.3. The molecule has 0 aliphatic carbocycles. The number of carbonyl (C=O) groups excluding carboxylic acids is 1. The second-order valence-electron chi connectivity index (χ2n) is 10.6. The highest BCUT2D eigenvalue weighted by Crippen LogP contribution is 2.45. The first-order valence-electron chi connectivity index (χ1n) is 13.2. The molecule has 2 aliphatic rings. The molecule has 3 N–H and O–H groups in total. The summed E-state index contributed by atoms with van der Waals surface area (Å²) in [5.74, 6) is 0.202. The first kappa shape index (κ1) is 25.3. The molecule has 13 nitrogen and oxygen atoms in total. The molecule has 14 heteroatoms. The maximum atomic E-state index is 13.1. The highest BCUT2D eigenvalue weighted by molar-refractivity contribution is 7.91. The summed E-state index contributed by atoms with van der Waals surface area (Å²) < 4.78 is 27.5. The number of sulfone groups is 1. The van der Waals surface area contributed by atoms with Crippen LogP contribution in [0.15, 0.2) is 60.0 Å². The number of amides is 1. The smallest absolute Gasteiger partial charge is 0.276 e. The molecule has 0 spiro atoms. The van der Waals surface area contributed by atoms with Crippen LogP contribution in [-0.2, 0) is 9.84 Å². The van der Waals surface area contributed by atoms with Crippen molar-refractivity contribution in [3.63, 3.8) is 0 Å². The Morgan fingerprint density at radius 2 is 1.71 bits per heavy atom. The summed E-state index contributed by atoms with van der Waals surface area (Å²) >= 11 is 0. The average Bonchev–Trinajstić information content (AvgIpc) is 3.71. The summed E-state index contributed by atoms with van der Waals surface area (Å²) in [7, 11) is -3.75. The summed E-state index contributed by atoms with van der Waals surface area (Å²) in [6, 6.07) is 9.50. The van der Waals surface area contributed by atoms with Crippen molar-refractivity contribution in [1.29, 1.82) is 0 Å². The van der Waals surface area contributed by atoms with E-state index in [1.54, 1.807) is 18.6 Å². The van der Waals surface area contributed by atoms with Crippen molar-refractivity contribution in [1.82, 2.24) is 44.9 Å². The number of benzene rings is 1. The number of anilines is 1. The lowest BCUT2D eigenvalue weighted by Crippen LogP contribution is -2.46. The number of hydrogen-bond acceptors (Lipinski definition) is 10. The molecule has 6 heterocycles. The summed E-state index contributed by atoms with van der Waals surface area (Å²) in [5, 5.41) is 14.6. The highest BCUT2D eigenvalue weighted by Gasteiger charge is 2.46. The Bertz CT molecular complexity index is 1860. The lowest BCUT2D eigenvalue weighted by molar-refractivity contribution is 0.0562. The molecule has 2 aliphatic heterocycles. The number of aromatic amines is 1. The fourth-order valence-corrected chi connectivity index (χ4v) is 7.31. The van der Waals surface area contributed by atoms with Gasteiger partial charge in [-0.15, -0.1) is 0 Å². The van der Waals surface area contributed by atoms with Gasteiger partial charge in [0, 0.05) is 53.3 Å². The van der Waals surface area contributed by atoms with Gasteiger partial charge < -0.3 is 10.6 Å². The van der Waals surface area contributed by atoms with Crippen LogP contribution in [0.2, 0.25) is 0 Å². The van der Waals surface area contributed by atoms with Crippen LogP contribution in [0.25, 0.3) is 28.2 Å². The number of nitrogens with two attached hydrogens (primary N) is 1. The van der Waals surface area contributed by atoms with E-state index in [4.69, 9.17) is 10.7 Å². The number of aromatic nitrogens is 8. The molecular formula is C27H26N10O3S. The van der Waals surface area contributed by atoms with E-state index in [2.05, 4.69) is 30.5 Å². The second kappa shape index (κ2) is 9.44. The molecule has 41 heavy (non-hydrogen) atoms. The molecule has 4 aromatic heterocycles. The van der Waals surface area contributed by atoms with E-state index in [0.717, 1.165) is 24.7 Å². The van der Waals surface area contributed by atoms with Crippen LogP contribution in [0.5, 0.6) is 0 Å². The molecule has 3 atom stereocenters. The van der Waals surface area contributed by atoms with Crippen molar-refractivity contribution < 1.29 is 13.2 Å². The Balaban J connectivity index is 1.29. The fraction of sp³-hybridized carbons (Fsp3) is 0.296. The fourth-order valence-electron chi connectivity index (χ4n) is 6.25. The van der Waals surface area contributed by atoms with E-state index in [1.165, 1.54) is 10.7 Å². The molecule has 1 aromatic carbocycles. The predicted molar refractivity (Wildman–Crippen MR) is 148 cm³/mol. The summed E-state index contributed by atoms with van der Waals surface area (Å²) in [6.45, 7) is 0. The van der Waals surface area contributed by atoms with Crippen LogP contribution >= 0.6 is 0 Å². The van der Waals surface area contributed by atoms with Gasteiger partial charge in [-0.2, -0.15) is 25.0 Å². The number of piperidine rings is 1. The van der Waals surface area contributed by atoms with Crippen LogP contribution in [0.4, 0.5) is 5.82 Å². The van der Waals surface area contributed by atoms with E-state index < -0.39 is 9.84 Å². The minimum Gasteiger partial charge on any atom is -0.382 e.